The molecule has 26 heavy (non-hydrogen) atoms. The fraction of sp³-hybridized carbons (Fsp3) is 0.250. The first-order valence-corrected chi connectivity index (χ1v) is 8.60. The molecule has 1 fully saturated rings. The van der Waals surface area contributed by atoms with E-state index in [-0.39, 0.29) is 0 Å². The Morgan fingerprint density at radius 3 is 2.15 bits per heavy atom. The van der Waals surface area contributed by atoms with Gasteiger partial charge in [0.2, 0.25) is 5.95 Å². The van der Waals surface area contributed by atoms with Gasteiger partial charge in [-0.1, -0.05) is 36.4 Å². The number of hydrogen-bond donors (Lipinski definition) is 2. The van der Waals surface area contributed by atoms with Gasteiger partial charge in [-0.3, -0.25) is 4.79 Å². The number of aryl methyl sites for hydroxylation is 1. The molecular formula is C20H20N4O2. The maximum atomic E-state index is 11.4. The molecule has 6 nitrogen and oxygen atoms in total. The summed E-state index contributed by atoms with van der Waals surface area (Å²) in [6.07, 6.45) is 1.45. The number of benzene rings is 2. The lowest BCUT2D eigenvalue weighted by atomic mass is 9.94. The quantitative estimate of drug-likeness (QED) is 0.739. The summed E-state index contributed by atoms with van der Waals surface area (Å²) in [5.74, 6) is 0.683. The molecule has 0 bridgehead atoms. The van der Waals surface area contributed by atoms with E-state index in [9.17, 15) is 9.90 Å². The van der Waals surface area contributed by atoms with E-state index in [1.807, 2.05) is 62.5 Å². The Balaban J connectivity index is 1.60. The minimum Gasteiger partial charge on any atom is -0.481 e. The number of carbonyl (C=O) groups is 1. The van der Waals surface area contributed by atoms with Crippen molar-refractivity contribution in [2.75, 3.05) is 12.4 Å². The Morgan fingerprint density at radius 2 is 1.65 bits per heavy atom. The fourth-order valence-corrected chi connectivity index (χ4v) is 3.28. The molecule has 1 aliphatic rings. The van der Waals surface area contributed by atoms with Gasteiger partial charge in [-0.25, -0.2) is 0 Å². The Hall–Kier alpha value is -3.15. The molecule has 4 rings (SSSR count). The Bertz CT molecular complexity index is 954. The van der Waals surface area contributed by atoms with Crippen molar-refractivity contribution in [3.63, 3.8) is 0 Å². The van der Waals surface area contributed by atoms with Crippen LogP contribution in [0.15, 0.2) is 48.5 Å². The summed E-state index contributed by atoms with van der Waals surface area (Å²) in [4.78, 5) is 15.8. The number of hydrogen-bond acceptors (Lipinski definition) is 4. The maximum Gasteiger partial charge on any atom is 0.314 e. The van der Waals surface area contributed by atoms with Gasteiger partial charge in [-0.2, -0.15) is 9.67 Å². The molecule has 0 atom stereocenters. The van der Waals surface area contributed by atoms with Crippen molar-refractivity contribution in [3.05, 3.63) is 59.9 Å². The molecule has 0 aliphatic heterocycles. The first kappa shape index (κ1) is 16.3. The van der Waals surface area contributed by atoms with E-state index in [0.29, 0.717) is 11.8 Å². The number of carboxylic acid groups (broad SMARTS) is 1. The number of aliphatic carboxylic acids is 1. The number of nitrogens with zero attached hydrogens (tertiary/aromatic N) is 3. The van der Waals surface area contributed by atoms with Crippen LogP contribution in [0.2, 0.25) is 0 Å². The predicted octanol–water partition coefficient (Wildman–Crippen LogP) is 3.40. The molecule has 1 aromatic heterocycles. The molecule has 3 aromatic rings. The molecule has 2 N–H and O–H groups in total. The van der Waals surface area contributed by atoms with E-state index in [4.69, 9.17) is 0 Å². The molecular weight excluding hydrogens is 328 g/mol. The molecule has 0 radical (unpaired) electrons. The summed E-state index contributed by atoms with van der Waals surface area (Å²) >= 11 is 0. The van der Waals surface area contributed by atoms with Crippen molar-refractivity contribution in [2.24, 2.45) is 0 Å². The van der Waals surface area contributed by atoms with Crippen LogP contribution in [0.3, 0.4) is 0 Å². The van der Waals surface area contributed by atoms with Gasteiger partial charge in [0.25, 0.3) is 0 Å². The molecule has 6 heteroatoms. The third-order valence-electron chi connectivity index (χ3n) is 4.98. The van der Waals surface area contributed by atoms with Gasteiger partial charge in [0.05, 0.1) is 11.1 Å². The maximum absolute atomic E-state index is 11.4. The zero-order valence-corrected chi connectivity index (χ0v) is 14.7. The molecule has 1 heterocycles. The number of anilines is 1. The van der Waals surface area contributed by atoms with E-state index in [0.717, 1.165) is 35.2 Å². The lowest BCUT2D eigenvalue weighted by Crippen LogP contribution is -2.19. The zero-order valence-electron chi connectivity index (χ0n) is 14.7. The molecule has 1 aliphatic carbocycles. The lowest BCUT2D eigenvalue weighted by Gasteiger charge is -2.11. The Kier molecular flexibility index (Phi) is 3.76. The van der Waals surface area contributed by atoms with Crippen molar-refractivity contribution >= 4 is 11.9 Å². The minimum atomic E-state index is -0.724. The standard InChI is InChI=1S/C20H20N4O2/c1-13-22-19(21-2)24(23-13)17-9-5-15(6-10-17)14-3-7-16(8-4-14)20(11-12-20)18(25)26/h3-10H,11-12H2,1-2H3,(H,25,26)(H,21,22,23). The summed E-state index contributed by atoms with van der Waals surface area (Å²) in [7, 11) is 1.82. The van der Waals surface area contributed by atoms with Crippen molar-refractivity contribution in [1.29, 1.82) is 0 Å². The summed E-state index contributed by atoms with van der Waals surface area (Å²) in [6, 6.07) is 15.9. The number of nitrogens with one attached hydrogen (secondary N) is 1. The predicted molar refractivity (Wildman–Crippen MR) is 99.6 cm³/mol. The van der Waals surface area contributed by atoms with Gasteiger partial charge in [0.15, 0.2) is 0 Å². The third-order valence-corrected chi connectivity index (χ3v) is 4.98. The summed E-state index contributed by atoms with van der Waals surface area (Å²) < 4.78 is 1.77. The molecule has 132 valence electrons. The van der Waals surface area contributed by atoms with Crippen LogP contribution >= 0.6 is 0 Å². The second-order valence-electron chi connectivity index (χ2n) is 6.66. The van der Waals surface area contributed by atoms with Gasteiger partial charge >= 0.3 is 5.97 Å². The fourth-order valence-electron chi connectivity index (χ4n) is 3.28. The van der Waals surface area contributed by atoms with Gasteiger partial charge < -0.3 is 10.4 Å². The van der Waals surface area contributed by atoms with Crippen LogP contribution in [0, 0.1) is 6.92 Å². The van der Waals surface area contributed by atoms with Crippen LogP contribution in [0.1, 0.15) is 24.2 Å². The molecule has 0 unspecified atom stereocenters. The Labute approximate surface area is 151 Å². The first-order valence-electron chi connectivity index (χ1n) is 8.60. The first-order chi connectivity index (χ1) is 12.5. The summed E-state index contributed by atoms with van der Waals surface area (Å²) in [5.41, 5.74) is 3.30. The highest BCUT2D eigenvalue weighted by atomic mass is 16.4. The SMILES string of the molecule is CNc1nc(C)nn1-c1ccc(-c2ccc(C3(C(=O)O)CC3)cc2)cc1. The molecule has 1 saturated carbocycles. The molecule has 2 aromatic carbocycles. The third kappa shape index (κ3) is 2.63. The van der Waals surface area contributed by atoms with E-state index in [1.165, 1.54) is 0 Å². The normalized spacial score (nSPS) is 14.8. The monoisotopic (exact) mass is 348 g/mol. The highest BCUT2D eigenvalue weighted by Crippen LogP contribution is 2.48. The highest BCUT2D eigenvalue weighted by molar-refractivity contribution is 5.85. The number of rotatable bonds is 5. The second kappa shape index (κ2) is 5.98. The van der Waals surface area contributed by atoms with Crippen molar-refractivity contribution in [3.8, 4) is 16.8 Å². The van der Waals surface area contributed by atoms with Crippen LogP contribution in [-0.2, 0) is 10.2 Å². The lowest BCUT2D eigenvalue weighted by molar-refractivity contribution is -0.140. The molecule has 0 saturated heterocycles. The van der Waals surface area contributed by atoms with E-state index in [2.05, 4.69) is 15.4 Å². The van der Waals surface area contributed by atoms with Crippen molar-refractivity contribution < 1.29 is 9.90 Å². The van der Waals surface area contributed by atoms with Gasteiger partial charge in [-0.05, 0) is 48.6 Å². The van der Waals surface area contributed by atoms with Gasteiger partial charge in [0, 0.05) is 7.05 Å². The smallest absolute Gasteiger partial charge is 0.314 e. The largest absolute Gasteiger partial charge is 0.481 e. The highest BCUT2D eigenvalue weighted by Gasteiger charge is 2.51. The van der Waals surface area contributed by atoms with Gasteiger partial charge in [-0.15, -0.1) is 5.10 Å². The number of aromatic nitrogens is 3. The average Bonchev–Trinajstić information content (AvgIpc) is 3.39. The molecule has 0 amide bonds. The van der Waals surface area contributed by atoms with E-state index < -0.39 is 11.4 Å². The second-order valence-corrected chi connectivity index (χ2v) is 6.66. The van der Waals surface area contributed by atoms with Crippen molar-refractivity contribution in [2.45, 2.75) is 25.2 Å². The average molecular weight is 348 g/mol. The van der Waals surface area contributed by atoms with Crippen LogP contribution in [-0.4, -0.2) is 32.9 Å². The summed E-state index contributed by atoms with van der Waals surface area (Å²) in [5, 5.41) is 16.8. The van der Waals surface area contributed by atoms with E-state index >= 15 is 0 Å². The molecule has 0 spiro atoms. The minimum absolute atomic E-state index is 0.656. The van der Waals surface area contributed by atoms with Crippen LogP contribution in [0.25, 0.3) is 16.8 Å². The van der Waals surface area contributed by atoms with Crippen LogP contribution < -0.4 is 5.32 Å². The van der Waals surface area contributed by atoms with Crippen LogP contribution in [0.5, 0.6) is 0 Å². The topological polar surface area (TPSA) is 80.0 Å². The van der Waals surface area contributed by atoms with Crippen molar-refractivity contribution in [1.82, 2.24) is 14.8 Å². The Morgan fingerprint density at radius 1 is 1.08 bits per heavy atom. The van der Waals surface area contributed by atoms with Gasteiger partial charge in [0.1, 0.15) is 5.82 Å². The zero-order chi connectivity index (χ0) is 18.3. The number of carboxylic acids is 1. The summed E-state index contributed by atoms with van der Waals surface area (Å²) in [6.45, 7) is 1.86. The van der Waals surface area contributed by atoms with E-state index in [1.54, 1.807) is 4.68 Å². The van der Waals surface area contributed by atoms with Crippen LogP contribution in [0.4, 0.5) is 5.95 Å².